The molecule has 0 bridgehead atoms. The summed E-state index contributed by atoms with van der Waals surface area (Å²) in [5, 5.41) is 0. The average Bonchev–Trinajstić information content (AvgIpc) is 2.54. The Morgan fingerprint density at radius 3 is 2.58 bits per heavy atom. The smallest absolute Gasteiger partial charge is 0.341 e. The first kappa shape index (κ1) is 17.6. The third-order valence-electron chi connectivity index (χ3n) is 3.37. The number of carbonyl (C=O) groups excluding carboxylic acids is 2. The SMILES string of the molecule is C=C/C=C(\C(=C)F)C(=O)c1ccc(C(=O)OC)c(OC2COC2)c1. The van der Waals surface area contributed by atoms with Crippen LogP contribution < -0.4 is 4.74 Å². The highest BCUT2D eigenvalue weighted by Gasteiger charge is 2.25. The number of hydrogen-bond donors (Lipinski definition) is 0. The van der Waals surface area contributed by atoms with E-state index in [4.69, 9.17) is 14.2 Å². The molecule has 0 radical (unpaired) electrons. The van der Waals surface area contributed by atoms with Crippen LogP contribution in [0.1, 0.15) is 20.7 Å². The number of rotatable bonds is 7. The molecule has 1 heterocycles. The van der Waals surface area contributed by atoms with Crippen LogP contribution in [0.3, 0.4) is 0 Å². The molecular formula is C18H17FO5. The van der Waals surface area contributed by atoms with Crippen LogP contribution in [0.25, 0.3) is 0 Å². The number of hydrogen-bond acceptors (Lipinski definition) is 5. The molecule has 0 aromatic heterocycles. The molecule has 0 atom stereocenters. The van der Waals surface area contributed by atoms with Gasteiger partial charge in [0.25, 0.3) is 0 Å². The van der Waals surface area contributed by atoms with Crippen LogP contribution in [0.4, 0.5) is 4.39 Å². The van der Waals surface area contributed by atoms with Crippen molar-refractivity contribution in [1.82, 2.24) is 0 Å². The van der Waals surface area contributed by atoms with Crippen LogP contribution >= 0.6 is 0 Å². The highest BCUT2D eigenvalue weighted by atomic mass is 19.1. The van der Waals surface area contributed by atoms with Crippen molar-refractivity contribution in [2.24, 2.45) is 0 Å². The third kappa shape index (κ3) is 3.78. The van der Waals surface area contributed by atoms with E-state index in [1.54, 1.807) is 0 Å². The summed E-state index contributed by atoms with van der Waals surface area (Å²) >= 11 is 0. The maximum absolute atomic E-state index is 13.5. The van der Waals surface area contributed by atoms with Crippen LogP contribution in [0.2, 0.25) is 0 Å². The largest absolute Gasteiger partial charge is 0.485 e. The summed E-state index contributed by atoms with van der Waals surface area (Å²) < 4.78 is 28.9. The molecule has 1 aliphatic heterocycles. The van der Waals surface area contributed by atoms with Gasteiger partial charge in [0, 0.05) is 5.56 Å². The average molecular weight is 332 g/mol. The molecule has 1 fully saturated rings. The normalized spacial score (nSPS) is 14.5. The summed E-state index contributed by atoms with van der Waals surface area (Å²) in [6, 6.07) is 4.19. The quantitative estimate of drug-likeness (QED) is 0.332. The van der Waals surface area contributed by atoms with Crippen LogP contribution in [-0.2, 0) is 9.47 Å². The van der Waals surface area contributed by atoms with Crippen molar-refractivity contribution in [1.29, 1.82) is 0 Å². The Bertz CT molecular complexity index is 716. The van der Waals surface area contributed by atoms with Gasteiger partial charge in [-0.05, 0) is 24.3 Å². The van der Waals surface area contributed by atoms with E-state index in [1.807, 2.05) is 0 Å². The van der Waals surface area contributed by atoms with Crippen molar-refractivity contribution >= 4 is 11.8 Å². The lowest BCUT2D eigenvalue weighted by molar-refractivity contribution is -0.0799. The highest BCUT2D eigenvalue weighted by Crippen LogP contribution is 2.27. The summed E-state index contributed by atoms with van der Waals surface area (Å²) in [5.41, 5.74) is 0.118. The van der Waals surface area contributed by atoms with E-state index in [0.29, 0.717) is 13.2 Å². The fourth-order valence-electron chi connectivity index (χ4n) is 2.06. The van der Waals surface area contributed by atoms with Crippen LogP contribution in [-0.4, -0.2) is 38.2 Å². The molecule has 1 aliphatic rings. The van der Waals surface area contributed by atoms with Crippen molar-refractivity contribution < 1.29 is 28.2 Å². The maximum atomic E-state index is 13.5. The van der Waals surface area contributed by atoms with Crippen molar-refractivity contribution in [3.63, 3.8) is 0 Å². The molecule has 6 heteroatoms. The van der Waals surface area contributed by atoms with Gasteiger partial charge in [0.1, 0.15) is 23.2 Å². The molecule has 1 aromatic carbocycles. The van der Waals surface area contributed by atoms with Crippen LogP contribution in [0.15, 0.2) is 54.9 Å². The molecule has 1 aromatic rings. The van der Waals surface area contributed by atoms with Crippen molar-refractivity contribution in [3.8, 4) is 5.75 Å². The number of halogens is 1. The van der Waals surface area contributed by atoms with Gasteiger partial charge in [-0.3, -0.25) is 4.79 Å². The van der Waals surface area contributed by atoms with E-state index in [0.717, 1.165) is 0 Å². The Morgan fingerprint density at radius 2 is 2.08 bits per heavy atom. The maximum Gasteiger partial charge on any atom is 0.341 e. The zero-order chi connectivity index (χ0) is 17.7. The van der Waals surface area contributed by atoms with E-state index < -0.39 is 17.6 Å². The lowest BCUT2D eigenvalue weighted by atomic mass is 10.00. The monoisotopic (exact) mass is 332 g/mol. The minimum Gasteiger partial charge on any atom is -0.485 e. The first-order chi connectivity index (χ1) is 11.5. The Kier molecular flexibility index (Phi) is 5.65. The van der Waals surface area contributed by atoms with Crippen LogP contribution in [0, 0.1) is 0 Å². The zero-order valence-corrected chi connectivity index (χ0v) is 13.2. The standard InChI is InChI=1S/C18H17FO5/c1-4-5-14(11(2)19)17(20)12-6-7-15(18(21)22-3)16(8-12)24-13-9-23-10-13/h4-8,13H,1-2,9-10H2,3H3/b14-5+. The van der Waals surface area contributed by atoms with Gasteiger partial charge in [0.2, 0.25) is 0 Å². The van der Waals surface area contributed by atoms with Crippen molar-refractivity contribution in [2.75, 3.05) is 20.3 Å². The van der Waals surface area contributed by atoms with Gasteiger partial charge < -0.3 is 14.2 Å². The number of ketones is 1. The van der Waals surface area contributed by atoms with E-state index in [2.05, 4.69) is 13.2 Å². The Balaban J connectivity index is 2.40. The predicted molar refractivity (Wildman–Crippen MR) is 85.9 cm³/mol. The van der Waals surface area contributed by atoms with Gasteiger partial charge >= 0.3 is 5.97 Å². The second-order valence-electron chi connectivity index (χ2n) is 5.03. The first-order valence-corrected chi connectivity index (χ1v) is 7.17. The summed E-state index contributed by atoms with van der Waals surface area (Å²) in [7, 11) is 1.25. The number of allylic oxidation sites excluding steroid dienone is 4. The Morgan fingerprint density at radius 1 is 1.38 bits per heavy atom. The summed E-state index contributed by atoms with van der Waals surface area (Å²) in [4.78, 5) is 24.3. The molecule has 0 N–H and O–H groups in total. The number of methoxy groups -OCH3 is 1. The van der Waals surface area contributed by atoms with Crippen molar-refractivity contribution in [2.45, 2.75) is 6.10 Å². The number of Topliss-reactive ketones (excluding diaryl/α,β-unsaturated/α-hetero) is 1. The first-order valence-electron chi connectivity index (χ1n) is 7.17. The van der Waals surface area contributed by atoms with E-state index >= 15 is 0 Å². The minimum absolute atomic E-state index is 0.157. The Labute approximate surface area is 139 Å². The third-order valence-corrected chi connectivity index (χ3v) is 3.37. The molecule has 2 rings (SSSR count). The summed E-state index contributed by atoms with van der Waals surface area (Å²) in [6.07, 6.45) is 2.32. The molecule has 0 spiro atoms. The van der Waals surface area contributed by atoms with Gasteiger partial charge in [0.05, 0.1) is 25.9 Å². The molecule has 0 saturated carbocycles. The number of esters is 1. The summed E-state index contributed by atoms with van der Waals surface area (Å²) in [5.74, 6) is -1.87. The molecule has 0 unspecified atom stereocenters. The van der Waals surface area contributed by atoms with Gasteiger partial charge in [-0.25, -0.2) is 9.18 Å². The van der Waals surface area contributed by atoms with Gasteiger partial charge in [-0.15, -0.1) is 0 Å². The zero-order valence-electron chi connectivity index (χ0n) is 13.2. The number of carbonyl (C=O) groups is 2. The molecule has 5 nitrogen and oxygen atoms in total. The fraction of sp³-hybridized carbons (Fsp3) is 0.222. The molecule has 0 aliphatic carbocycles. The molecule has 0 amide bonds. The predicted octanol–water partition coefficient (Wildman–Crippen LogP) is 3.03. The van der Waals surface area contributed by atoms with E-state index in [1.165, 1.54) is 37.5 Å². The topological polar surface area (TPSA) is 61.8 Å². The molecule has 1 saturated heterocycles. The van der Waals surface area contributed by atoms with Crippen LogP contribution in [0.5, 0.6) is 5.75 Å². The molecule has 126 valence electrons. The second kappa shape index (κ2) is 7.70. The van der Waals surface area contributed by atoms with Crippen molar-refractivity contribution in [3.05, 3.63) is 66.0 Å². The van der Waals surface area contributed by atoms with Gasteiger partial charge in [0.15, 0.2) is 5.78 Å². The lowest BCUT2D eigenvalue weighted by Gasteiger charge is -2.27. The summed E-state index contributed by atoms with van der Waals surface area (Å²) in [6.45, 7) is 7.38. The fourth-order valence-corrected chi connectivity index (χ4v) is 2.06. The minimum atomic E-state index is -0.869. The van der Waals surface area contributed by atoms with Gasteiger partial charge in [-0.1, -0.05) is 19.2 Å². The van der Waals surface area contributed by atoms with Gasteiger partial charge in [-0.2, -0.15) is 0 Å². The lowest BCUT2D eigenvalue weighted by Crippen LogP contribution is -2.39. The molecular weight excluding hydrogens is 315 g/mol. The number of benzene rings is 1. The van der Waals surface area contributed by atoms with E-state index in [9.17, 15) is 14.0 Å². The highest BCUT2D eigenvalue weighted by molar-refractivity contribution is 6.12. The second-order valence-corrected chi connectivity index (χ2v) is 5.03. The van der Waals surface area contributed by atoms with E-state index in [-0.39, 0.29) is 28.6 Å². The number of ether oxygens (including phenoxy) is 3. The Hall–Kier alpha value is -2.73. The molecule has 24 heavy (non-hydrogen) atoms.